The van der Waals surface area contributed by atoms with Crippen molar-refractivity contribution in [3.8, 4) is 0 Å². The number of nitrogen functional groups attached to an aromatic ring is 1. The fraction of sp³-hybridized carbons (Fsp3) is 0.533. The van der Waals surface area contributed by atoms with Crippen LogP contribution >= 0.6 is 0 Å². The number of likely N-dealkylation sites (tertiary alicyclic amines) is 1. The smallest absolute Gasteiger partial charge is 0.254 e. The second kappa shape index (κ2) is 6.70. The van der Waals surface area contributed by atoms with E-state index in [1.807, 2.05) is 0 Å². The van der Waals surface area contributed by atoms with Crippen LogP contribution < -0.4 is 5.73 Å². The van der Waals surface area contributed by atoms with Gasteiger partial charge in [-0.2, -0.15) is 0 Å². The van der Waals surface area contributed by atoms with E-state index in [9.17, 15) is 9.18 Å². The molecule has 0 aromatic heterocycles. The van der Waals surface area contributed by atoms with Gasteiger partial charge in [-0.25, -0.2) is 4.39 Å². The largest absolute Gasteiger partial charge is 0.396 e. The van der Waals surface area contributed by atoms with Gasteiger partial charge in [0.25, 0.3) is 5.91 Å². The molecule has 1 unspecified atom stereocenters. The molecule has 1 amide bonds. The molecule has 2 N–H and O–H groups in total. The Kier molecular flexibility index (Phi) is 4.95. The van der Waals surface area contributed by atoms with Crippen molar-refractivity contribution in [2.45, 2.75) is 32.3 Å². The minimum absolute atomic E-state index is 0.00615. The Morgan fingerprint density at radius 2 is 2.35 bits per heavy atom. The lowest BCUT2D eigenvalue weighted by molar-refractivity contribution is 0.00211. The average Bonchev–Trinajstić information content (AvgIpc) is 2.47. The molecule has 0 bridgehead atoms. The number of piperidine rings is 1. The Morgan fingerprint density at radius 3 is 3.05 bits per heavy atom. The molecule has 1 aromatic rings. The number of rotatable bonds is 4. The monoisotopic (exact) mass is 280 g/mol. The topological polar surface area (TPSA) is 55.6 Å². The fourth-order valence-corrected chi connectivity index (χ4v) is 2.40. The quantitative estimate of drug-likeness (QED) is 0.862. The van der Waals surface area contributed by atoms with Gasteiger partial charge < -0.3 is 15.4 Å². The summed E-state index contributed by atoms with van der Waals surface area (Å²) in [4.78, 5) is 14.1. The summed E-state index contributed by atoms with van der Waals surface area (Å²) in [5.41, 5.74) is 5.95. The molecule has 4 nitrogen and oxygen atoms in total. The van der Waals surface area contributed by atoms with Crippen LogP contribution in [0.3, 0.4) is 0 Å². The summed E-state index contributed by atoms with van der Waals surface area (Å²) in [5, 5.41) is 0. The second-order valence-corrected chi connectivity index (χ2v) is 5.12. The van der Waals surface area contributed by atoms with Crippen molar-refractivity contribution in [1.82, 2.24) is 4.90 Å². The van der Waals surface area contributed by atoms with Crippen LogP contribution in [0.4, 0.5) is 10.1 Å². The third-order valence-corrected chi connectivity index (χ3v) is 3.47. The van der Waals surface area contributed by atoms with Gasteiger partial charge in [0.1, 0.15) is 5.82 Å². The molecule has 1 aliphatic rings. The summed E-state index contributed by atoms with van der Waals surface area (Å²) >= 11 is 0. The van der Waals surface area contributed by atoms with Gasteiger partial charge >= 0.3 is 0 Å². The van der Waals surface area contributed by atoms with Crippen LogP contribution in [-0.2, 0) is 4.74 Å². The molecule has 0 spiro atoms. The molecule has 1 aliphatic heterocycles. The summed E-state index contributed by atoms with van der Waals surface area (Å²) in [5.74, 6) is -0.606. The zero-order valence-corrected chi connectivity index (χ0v) is 11.8. The van der Waals surface area contributed by atoms with Gasteiger partial charge in [-0.1, -0.05) is 6.92 Å². The van der Waals surface area contributed by atoms with Gasteiger partial charge in [-0.05, 0) is 37.5 Å². The molecule has 1 atom stereocenters. The van der Waals surface area contributed by atoms with Crippen LogP contribution in [0.15, 0.2) is 18.2 Å². The highest BCUT2D eigenvalue weighted by Crippen LogP contribution is 2.18. The highest BCUT2D eigenvalue weighted by Gasteiger charge is 2.25. The molecular weight excluding hydrogens is 259 g/mol. The minimum atomic E-state index is -0.496. The number of ether oxygens (including phenoxy) is 1. The third kappa shape index (κ3) is 3.48. The maximum absolute atomic E-state index is 13.1. The molecule has 1 heterocycles. The van der Waals surface area contributed by atoms with E-state index in [0.717, 1.165) is 25.9 Å². The fourth-order valence-electron chi connectivity index (χ4n) is 2.40. The number of benzene rings is 1. The van der Waals surface area contributed by atoms with E-state index in [1.165, 1.54) is 18.2 Å². The molecule has 20 heavy (non-hydrogen) atoms. The number of halogens is 1. The number of nitrogens with zero attached hydrogens (tertiary/aromatic N) is 1. The van der Waals surface area contributed by atoms with Crippen LogP contribution in [0.5, 0.6) is 0 Å². The molecular formula is C15H21FN2O2. The van der Waals surface area contributed by atoms with E-state index in [-0.39, 0.29) is 17.7 Å². The highest BCUT2D eigenvalue weighted by molar-refractivity contribution is 5.95. The summed E-state index contributed by atoms with van der Waals surface area (Å²) in [6.07, 6.45) is 2.98. The first kappa shape index (κ1) is 14.8. The summed E-state index contributed by atoms with van der Waals surface area (Å²) < 4.78 is 18.8. The van der Waals surface area contributed by atoms with E-state index in [0.29, 0.717) is 18.7 Å². The van der Waals surface area contributed by atoms with Crippen LogP contribution in [0.1, 0.15) is 36.5 Å². The number of anilines is 1. The van der Waals surface area contributed by atoms with Gasteiger partial charge in [0, 0.05) is 25.3 Å². The normalized spacial score (nSPS) is 19.1. The van der Waals surface area contributed by atoms with Gasteiger partial charge in [-0.15, -0.1) is 0 Å². The Balaban J connectivity index is 2.02. The van der Waals surface area contributed by atoms with Crippen molar-refractivity contribution in [3.63, 3.8) is 0 Å². The molecule has 2 rings (SSSR count). The lowest BCUT2D eigenvalue weighted by atomic mass is 10.1. The summed E-state index contributed by atoms with van der Waals surface area (Å²) in [6, 6.07) is 4.11. The maximum Gasteiger partial charge on any atom is 0.254 e. The number of nitrogens with two attached hydrogens (primary N) is 1. The average molecular weight is 280 g/mol. The first-order valence-corrected chi connectivity index (χ1v) is 7.07. The van der Waals surface area contributed by atoms with Crippen molar-refractivity contribution >= 4 is 11.6 Å². The standard InChI is InChI=1S/C15H21FN2O2/c1-2-8-20-12-4-3-7-18(10-12)15(19)11-5-6-13(16)14(17)9-11/h5-6,9,12H,2-4,7-8,10,17H2,1H3. The Morgan fingerprint density at radius 1 is 1.55 bits per heavy atom. The van der Waals surface area contributed by atoms with Crippen molar-refractivity contribution in [2.75, 3.05) is 25.4 Å². The Hall–Kier alpha value is -1.62. The summed E-state index contributed by atoms with van der Waals surface area (Å²) in [7, 11) is 0. The minimum Gasteiger partial charge on any atom is -0.396 e. The van der Waals surface area contributed by atoms with Crippen molar-refractivity contribution < 1.29 is 13.9 Å². The maximum atomic E-state index is 13.1. The molecule has 0 aliphatic carbocycles. The predicted molar refractivity (Wildman–Crippen MR) is 76.0 cm³/mol. The number of amides is 1. The van der Waals surface area contributed by atoms with Crippen LogP contribution in [0, 0.1) is 5.82 Å². The van der Waals surface area contributed by atoms with E-state index >= 15 is 0 Å². The Bertz CT molecular complexity index is 479. The SMILES string of the molecule is CCCOC1CCCN(C(=O)c2ccc(F)c(N)c2)C1. The first-order chi connectivity index (χ1) is 9.61. The van der Waals surface area contributed by atoms with Crippen LogP contribution in [0.2, 0.25) is 0 Å². The molecule has 5 heteroatoms. The first-order valence-electron chi connectivity index (χ1n) is 7.07. The van der Waals surface area contributed by atoms with Crippen molar-refractivity contribution in [2.24, 2.45) is 0 Å². The number of hydrogen-bond acceptors (Lipinski definition) is 3. The zero-order chi connectivity index (χ0) is 14.5. The molecule has 0 radical (unpaired) electrons. The van der Waals surface area contributed by atoms with E-state index in [1.54, 1.807) is 4.90 Å². The molecule has 0 saturated carbocycles. The van der Waals surface area contributed by atoms with Gasteiger partial charge in [0.15, 0.2) is 0 Å². The van der Waals surface area contributed by atoms with E-state index in [4.69, 9.17) is 10.5 Å². The van der Waals surface area contributed by atoms with Crippen LogP contribution in [0.25, 0.3) is 0 Å². The lowest BCUT2D eigenvalue weighted by Crippen LogP contribution is -2.43. The number of carbonyl (C=O) groups is 1. The number of carbonyl (C=O) groups excluding carboxylic acids is 1. The van der Waals surface area contributed by atoms with Gasteiger partial charge in [-0.3, -0.25) is 4.79 Å². The lowest BCUT2D eigenvalue weighted by Gasteiger charge is -2.32. The van der Waals surface area contributed by atoms with E-state index < -0.39 is 5.82 Å². The summed E-state index contributed by atoms with van der Waals surface area (Å²) in [6.45, 7) is 4.08. The van der Waals surface area contributed by atoms with Crippen molar-refractivity contribution in [1.29, 1.82) is 0 Å². The molecule has 1 saturated heterocycles. The predicted octanol–water partition coefficient (Wildman–Crippen LogP) is 2.44. The molecule has 1 fully saturated rings. The zero-order valence-electron chi connectivity index (χ0n) is 11.8. The molecule has 1 aromatic carbocycles. The second-order valence-electron chi connectivity index (χ2n) is 5.12. The van der Waals surface area contributed by atoms with Crippen LogP contribution in [-0.4, -0.2) is 36.6 Å². The molecule has 110 valence electrons. The van der Waals surface area contributed by atoms with Gasteiger partial charge in [0.05, 0.1) is 11.8 Å². The third-order valence-electron chi connectivity index (χ3n) is 3.47. The highest BCUT2D eigenvalue weighted by atomic mass is 19.1. The van der Waals surface area contributed by atoms with Gasteiger partial charge in [0.2, 0.25) is 0 Å². The van der Waals surface area contributed by atoms with E-state index in [2.05, 4.69) is 6.92 Å². The van der Waals surface area contributed by atoms with Crippen molar-refractivity contribution in [3.05, 3.63) is 29.6 Å². The number of hydrogen-bond donors (Lipinski definition) is 1. The Labute approximate surface area is 118 Å².